The van der Waals surface area contributed by atoms with Crippen LogP contribution in [-0.2, 0) is 10.0 Å². The van der Waals surface area contributed by atoms with E-state index in [1.165, 1.54) is 22.6 Å². The number of pyridine rings is 1. The predicted molar refractivity (Wildman–Crippen MR) is 96.5 cm³/mol. The van der Waals surface area contributed by atoms with E-state index in [9.17, 15) is 8.42 Å². The topological polar surface area (TPSA) is 94.0 Å². The van der Waals surface area contributed by atoms with Crippen molar-refractivity contribution >= 4 is 40.0 Å². The van der Waals surface area contributed by atoms with Crippen molar-refractivity contribution in [3.8, 4) is 0 Å². The number of hydrogen-bond donors (Lipinski definition) is 2. The molecule has 0 radical (unpaired) electrons. The molecule has 1 fully saturated rings. The highest BCUT2D eigenvalue weighted by Crippen LogP contribution is 2.21. The second kappa shape index (κ2) is 7.31. The van der Waals surface area contributed by atoms with E-state index in [4.69, 9.17) is 21.6 Å². The molecule has 1 aliphatic heterocycles. The summed E-state index contributed by atoms with van der Waals surface area (Å²) in [5.41, 5.74) is 0.313. The van der Waals surface area contributed by atoms with E-state index in [0.29, 0.717) is 42.5 Å². The Balaban J connectivity index is 1.68. The van der Waals surface area contributed by atoms with E-state index in [0.717, 1.165) is 0 Å². The van der Waals surface area contributed by atoms with Gasteiger partial charge in [-0.15, -0.1) is 0 Å². The Bertz CT molecular complexity index is 823. The number of hydrogen-bond acceptors (Lipinski definition) is 6. The minimum Gasteiger partial charge on any atom is -0.423 e. The molecule has 2 aromatic rings. The molecule has 2 N–H and O–H groups in total. The van der Waals surface area contributed by atoms with Gasteiger partial charge in [-0.1, -0.05) is 17.7 Å². The highest BCUT2D eigenvalue weighted by Gasteiger charge is 2.29. The zero-order chi connectivity index (χ0) is 18.0. The van der Waals surface area contributed by atoms with Crippen molar-refractivity contribution in [1.29, 1.82) is 0 Å². The smallest absolute Gasteiger partial charge is 0.423 e. The molecule has 1 aromatic heterocycles. The third kappa shape index (κ3) is 3.96. The molecule has 1 aromatic carbocycles. The molecule has 25 heavy (non-hydrogen) atoms. The summed E-state index contributed by atoms with van der Waals surface area (Å²) in [5.74, 6) is 0.674. The van der Waals surface area contributed by atoms with Gasteiger partial charge in [-0.25, -0.2) is 13.4 Å². The van der Waals surface area contributed by atoms with Gasteiger partial charge in [-0.05, 0) is 30.3 Å². The molecule has 0 bridgehead atoms. The lowest BCUT2D eigenvalue weighted by atomic mass is 9.82. The van der Waals surface area contributed by atoms with Crippen LogP contribution in [0.5, 0.6) is 0 Å². The number of nitrogens with zero attached hydrogens (tertiary/aromatic N) is 3. The van der Waals surface area contributed by atoms with E-state index >= 15 is 0 Å². The van der Waals surface area contributed by atoms with Gasteiger partial charge in [0, 0.05) is 42.9 Å². The number of aromatic nitrogens is 1. The van der Waals surface area contributed by atoms with Crippen LogP contribution >= 0.6 is 11.6 Å². The maximum absolute atomic E-state index is 12.7. The van der Waals surface area contributed by atoms with E-state index < -0.39 is 17.1 Å². The summed E-state index contributed by atoms with van der Waals surface area (Å²) in [5, 5.41) is 18.7. The van der Waals surface area contributed by atoms with E-state index in [1.807, 2.05) is 4.90 Å². The number of piperazine rings is 1. The molecular formula is C15H17BClN3O4S. The third-order valence-corrected chi connectivity index (χ3v) is 6.25. The van der Waals surface area contributed by atoms with Gasteiger partial charge in [0.1, 0.15) is 5.82 Å². The first-order valence-electron chi connectivity index (χ1n) is 7.71. The molecule has 2 heterocycles. The summed E-state index contributed by atoms with van der Waals surface area (Å²) in [4.78, 5) is 6.39. The molecule has 0 amide bonds. The summed E-state index contributed by atoms with van der Waals surface area (Å²) in [6.45, 7) is 1.69. The fourth-order valence-corrected chi connectivity index (χ4v) is 4.20. The van der Waals surface area contributed by atoms with Crippen LogP contribution in [0, 0.1) is 0 Å². The quantitative estimate of drug-likeness (QED) is 0.720. The lowest BCUT2D eigenvalue weighted by Crippen LogP contribution is -2.49. The molecule has 10 heteroatoms. The average Bonchev–Trinajstić information content (AvgIpc) is 2.62. The molecular weight excluding hydrogens is 365 g/mol. The highest BCUT2D eigenvalue weighted by atomic mass is 35.5. The molecule has 0 unspecified atom stereocenters. The molecule has 0 spiro atoms. The summed E-state index contributed by atoms with van der Waals surface area (Å²) in [7, 11) is -5.09. The van der Waals surface area contributed by atoms with Crippen molar-refractivity contribution in [3.05, 3.63) is 47.6 Å². The van der Waals surface area contributed by atoms with Crippen LogP contribution in [0.3, 0.4) is 0 Å². The lowest BCUT2D eigenvalue weighted by molar-refractivity contribution is 0.384. The molecule has 3 rings (SSSR count). The van der Waals surface area contributed by atoms with E-state index in [-0.39, 0.29) is 4.90 Å². The molecule has 7 nitrogen and oxygen atoms in total. The number of halogens is 1. The van der Waals surface area contributed by atoms with Crippen LogP contribution in [-0.4, -0.2) is 61.1 Å². The van der Waals surface area contributed by atoms with Crippen molar-refractivity contribution in [1.82, 2.24) is 9.29 Å². The normalized spacial score (nSPS) is 16.0. The number of benzene rings is 1. The van der Waals surface area contributed by atoms with Crippen molar-refractivity contribution < 1.29 is 18.5 Å². The second-order valence-corrected chi connectivity index (χ2v) is 8.04. The van der Waals surface area contributed by atoms with Crippen LogP contribution in [0.4, 0.5) is 5.82 Å². The van der Waals surface area contributed by atoms with Crippen LogP contribution in [0.2, 0.25) is 5.02 Å². The van der Waals surface area contributed by atoms with Gasteiger partial charge in [0.15, 0.2) is 0 Å². The van der Waals surface area contributed by atoms with Gasteiger partial charge < -0.3 is 14.9 Å². The van der Waals surface area contributed by atoms with Gasteiger partial charge in [0.2, 0.25) is 10.0 Å². The molecule has 0 aliphatic carbocycles. The zero-order valence-electron chi connectivity index (χ0n) is 13.3. The minimum absolute atomic E-state index is 0.227. The van der Waals surface area contributed by atoms with Crippen LogP contribution in [0.15, 0.2) is 47.5 Å². The van der Waals surface area contributed by atoms with Gasteiger partial charge >= 0.3 is 7.12 Å². The summed E-state index contributed by atoms with van der Waals surface area (Å²) in [6.07, 6.45) is 1.40. The van der Waals surface area contributed by atoms with E-state index in [1.54, 1.807) is 24.3 Å². The Morgan fingerprint density at radius 1 is 1.00 bits per heavy atom. The predicted octanol–water partition coefficient (Wildman–Crippen LogP) is -0.0743. The number of sulfonamides is 1. The van der Waals surface area contributed by atoms with Crippen molar-refractivity contribution in [2.45, 2.75) is 4.90 Å². The Kier molecular flexibility index (Phi) is 5.31. The fourth-order valence-electron chi connectivity index (χ4n) is 2.65. The molecule has 0 atom stereocenters. The van der Waals surface area contributed by atoms with E-state index in [2.05, 4.69) is 4.98 Å². The zero-order valence-corrected chi connectivity index (χ0v) is 14.9. The summed E-state index contributed by atoms with van der Waals surface area (Å²) < 4.78 is 26.8. The Morgan fingerprint density at radius 3 is 2.16 bits per heavy atom. The van der Waals surface area contributed by atoms with Gasteiger partial charge in [-0.3, -0.25) is 0 Å². The molecule has 132 valence electrons. The van der Waals surface area contributed by atoms with Crippen LogP contribution in [0.25, 0.3) is 0 Å². The number of rotatable bonds is 4. The van der Waals surface area contributed by atoms with Crippen LogP contribution in [0.1, 0.15) is 0 Å². The standard InChI is InChI=1S/C15H17BClN3O4S/c17-13-2-4-14(5-3-13)25(23,24)20-9-7-19(8-10-20)15-6-1-12(11-18-15)16(21)22/h1-6,11,21-22H,7-10H2. The lowest BCUT2D eigenvalue weighted by Gasteiger charge is -2.34. The van der Waals surface area contributed by atoms with Gasteiger partial charge in [0.05, 0.1) is 4.90 Å². The number of anilines is 1. The Morgan fingerprint density at radius 2 is 1.64 bits per heavy atom. The van der Waals surface area contributed by atoms with Gasteiger partial charge in [-0.2, -0.15) is 4.31 Å². The highest BCUT2D eigenvalue weighted by molar-refractivity contribution is 7.89. The van der Waals surface area contributed by atoms with Crippen molar-refractivity contribution in [2.24, 2.45) is 0 Å². The Labute approximate surface area is 151 Å². The minimum atomic E-state index is -3.54. The molecule has 1 aliphatic rings. The average molecular weight is 382 g/mol. The molecule has 0 saturated carbocycles. The summed E-state index contributed by atoms with van der Waals surface area (Å²) >= 11 is 5.81. The van der Waals surface area contributed by atoms with Gasteiger partial charge in [0.25, 0.3) is 0 Å². The first-order chi connectivity index (χ1) is 11.9. The Hall–Kier alpha value is -1.65. The first-order valence-corrected chi connectivity index (χ1v) is 9.52. The third-order valence-electron chi connectivity index (χ3n) is 4.08. The largest absolute Gasteiger partial charge is 0.490 e. The summed E-state index contributed by atoms with van der Waals surface area (Å²) in [6, 6.07) is 9.41. The first kappa shape index (κ1) is 18.2. The SMILES string of the molecule is O=S(=O)(c1ccc(Cl)cc1)N1CCN(c2ccc(B(O)O)cn2)CC1. The van der Waals surface area contributed by atoms with Crippen molar-refractivity contribution in [2.75, 3.05) is 31.1 Å². The second-order valence-electron chi connectivity index (χ2n) is 5.67. The monoisotopic (exact) mass is 381 g/mol. The molecule has 1 saturated heterocycles. The van der Waals surface area contributed by atoms with Crippen LogP contribution < -0.4 is 10.4 Å². The fraction of sp³-hybridized carbons (Fsp3) is 0.267. The van der Waals surface area contributed by atoms with Crippen molar-refractivity contribution in [3.63, 3.8) is 0 Å². The maximum Gasteiger partial charge on any atom is 0.490 e. The maximum atomic E-state index is 12.7.